The molecule has 1 aromatic rings. The maximum Gasteiger partial charge on any atom is 0.124 e. The van der Waals surface area contributed by atoms with Crippen molar-refractivity contribution in [2.75, 3.05) is 0 Å². The largest absolute Gasteiger partial charge is 0.305 e. The lowest BCUT2D eigenvalue weighted by Gasteiger charge is -2.28. The van der Waals surface area contributed by atoms with Crippen molar-refractivity contribution in [3.63, 3.8) is 0 Å². The monoisotopic (exact) mass is 274 g/mol. The smallest absolute Gasteiger partial charge is 0.124 e. The van der Waals surface area contributed by atoms with Crippen LogP contribution in [0.15, 0.2) is 43.0 Å². The van der Waals surface area contributed by atoms with Gasteiger partial charge < -0.3 is 4.79 Å². The van der Waals surface area contributed by atoms with Crippen LogP contribution in [-0.4, -0.2) is 13.5 Å². The molecule has 0 spiro atoms. The second-order valence-electron chi connectivity index (χ2n) is 6.18. The van der Waals surface area contributed by atoms with Gasteiger partial charge in [-0.1, -0.05) is 69.4 Å². The summed E-state index contributed by atoms with van der Waals surface area (Å²) in [6, 6.07) is 10.3. The molecule has 0 aliphatic carbocycles. The Hall–Kier alpha value is -1.15. The molecule has 0 saturated carbocycles. The van der Waals surface area contributed by atoms with Gasteiger partial charge in [0.15, 0.2) is 0 Å². The molecule has 0 unspecified atom stereocenters. The highest BCUT2D eigenvalue weighted by atomic mass is 28.3. The second kappa shape index (κ2) is 6.85. The van der Waals surface area contributed by atoms with Gasteiger partial charge in [-0.25, -0.2) is 0 Å². The summed E-state index contributed by atoms with van der Waals surface area (Å²) in [5.41, 5.74) is 1.21. The van der Waals surface area contributed by atoms with Crippen LogP contribution in [0.5, 0.6) is 0 Å². The molecule has 0 N–H and O–H groups in total. The molecular formula is C17H26OSi. The topological polar surface area (TPSA) is 17.1 Å². The SMILES string of the molecule is C=C[C@H](c1ccccc1)[C@H](CCC)C(=O)[Si](C)(C)C. The minimum absolute atomic E-state index is 0.0940. The molecule has 1 nitrogen and oxygen atoms in total. The molecule has 1 aromatic carbocycles. The van der Waals surface area contributed by atoms with Gasteiger partial charge in [0.05, 0.1) is 0 Å². The summed E-state index contributed by atoms with van der Waals surface area (Å²) in [5.74, 6) is 0.247. The average molecular weight is 274 g/mol. The molecule has 0 radical (unpaired) electrons. The van der Waals surface area contributed by atoms with Gasteiger partial charge in [-0.2, -0.15) is 0 Å². The van der Waals surface area contributed by atoms with Crippen LogP contribution in [0.2, 0.25) is 19.6 Å². The fraction of sp³-hybridized carbons (Fsp3) is 0.471. The van der Waals surface area contributed by atoms with Crippen molar-refractivity contribution in [1.82, 2.24) is 0 Å². The van der Waals surface area contributed by atoms with Gasteiger partial charge >= 0.3 is 0 Å². The van der Waals surface area contributed by atoms with E-state index in [1.807, 2.05) is 24.3 Å². The maximum atomic E-state index is 12.7. The zero-order valence-electron chi connectivity index (χ0n) is 12.6. The van der Waals surface area contributed by atoms with E-state index in [1.54, 1.807) is 0 Å². The first kappa shape index (κ1) is 15.9. The quantitative estimate of drug-likeness (QED) is 0.514. The standard InChI is InChI=1S/C17H26OSi/c1-6-11-16(17(18)19(3,4)5)15(7-2)14-12-9-8-10-13-14/h7-10,12-13,15-16H,2,6,11H2,1,3-5H3/t15-,16+/m1/s1. The van der Waals surface area contributed by atoms with Crippen LogP contribution in [0, 0.1) is 5.92 Å². The zero-order chi connectivity index (χ0) is 14.5. The fourth-order valence-electron chi connectivity index (χ4n) is 2.55. The summed E-state index contributed by atoms with van der Waals surface area (Å²) in [4.78, 5) is 12.7. The fourth-order valence-corrected chi connectivity index (χ4v) is 3.99. The lowest BCUT2D eigenvalue weighted by Crippen LogP contribution is -2.40. The van der Waals surface area contributed by atoms with E-state index in [0.717, 1.165) is 12.8 Å². The van der Waals surface area contributed by atoms with Crippen LogP contribution >= 0.6 is 0 Å². The number of carbonyl (C=O) groups is 1. The van der Waals surface area contributed by atoms with E-state index in [2.05, 4.69) is 45.3 Å². The molecule has 0 heterocycles. The van der Waals surface area contributed by atoms with E-state index < -0.39 is 8.07 Å². The lowest BCUT2D eigenvalue weighted by molar-refractivity contribution is -0.116. The highest BCUT2D eigenvalue weighted by Gasteiger charge is 2.35. The summed E-state index contributed by atoms with van der Waals surface area (Å²) in [6.45, 7) is 12.5. The summed E-state index contributed by atoms with van der Waals surface area (Å²) in [5, 5.41) is 0.475. The van der Waals surface area contributed by atoms with E-state index in [-0.39, 0.29) is 11.8 Å². The molecule has 0 aliphatic rings. The molecule has 0 aromatic heterocycles. The molecule has 2 atom stereocenters. The molecule has 1 rings (SSSR count). The minimum Gasteiger partial charge on any atom is -0.305 e. The third-order valence-corrected chi connectivity index (χ3v) is 5.40. The third kappa shape index (κ3) is 4.17. The minimum atomic E-state index is -1.76. The van der Waals surface area contributed by atoms with Gasteiger partial charge in [0, 0.05) is 11.8 Å². The maximum absolute atomic E-state index is 12.7. The van der Waals surface area contributed by atoms with Crippen molar-refractivity contribution in [2.24, 2.45) is 5.92 Å². The summed E-state index contributed by atoms with van der Waals surface area (Å²) in [7, 11) is -1.76. The van der Waals surface area contributed by atoms with Crippen molar-refractivity contribution in [1.29, 1.82) is 0 Å². The second-order valence-corrected chi connectivity index (χ2v) is 11.2. The van der Waals surface area contributed by atoms with E-state index in [1.165, 1.54) is 5.56 Å². The Morgan fingerprint density at radius 3 is 2.26 bits per heavy atom. The number of carbonyl (C=O) groups excluding carboxylic acids is 1. The van der Waals surface area contributed by atoms with Gasteiger partial charge in [0.1, 0.15) is 13.5 Å². The van der Waals surface area contributed by atoms with Crippen molar-refractivity contribution in [3.05, 3.63) is 48.6 Å². The molecule has 0 bridgehead atoms. The first-order valence-electron chi connectivity index (χ1n) is 7.13. The van der Waals surface area contributed by atoms with Gasteiger partial charge in [0.2, 0.25) is 0 Å². The summed E-state index contributed by atoms with van der Waals surface area (Å²) >= 11 is 0. The number of allylic oxidation sites excluding steroid dienone is 1. The Morgan fingerprint density at radius 1 is 1.26 bits per heavy atom. The lowest BCUT2D eigenvalue weighted by atomic mass is 9.84. The Kier molecular flexibility index (Phi) is 5.74. The van der Waals surface area contributed by atoms with Crippen LogP contribution in [0.1, 0.15) is 31.2 Å². The Balaban J connectivity index is 3.09. The van der Waals surface area contributed by atoms with Gasteiger partial charge in [0.25, 0.3) is 0 Å². The summed E-state index contributed by atoms with van der Waals surface area (Å²) < 4.78 is 0. The van der Waals surface area contributed by atoms with E-state index in [0.29, 0.717) is 5.41 Å². The molecule has 0 fully saturated rings. The molecule has 0 saturated heterocycles. The van der Waals surface area contributed by atoms with Gasteiger partial charge in [-0.15, -0.1) is 6.58 Å². The number of hydrogen-bond donors (Lipinski definition) is 0. The van der Waals surface area contributed by atoms with Crippen LogP contribution in [0.25, 0.3) is 0 Å². The van der Waals surface area contributed by atoms with Crippen LogP contribution in [0.3, 0.4) is 0 Å². The summed E-state index contributed by atoms with van der Waals surface area (Å²) in [6.07, 6.45) is 3.94. The number of rotatable bonds is 7. The van der Waals surface area contributed by atoms with Crippen molar-refractivity contribution >= 4 is 13.5 Å². The average Bonchev–Trinajstić information content (AvgIpc) is 2.38. The van der Waals surface area contributed by atoms with Crippen LogP contribution < -0.4 is 0 Å². The van der Waals surface area contributed by atoms with Crippen LogP contribution in [-0.2, 0) is 4.79 Å². The van der Waals surface area contributed by atoms with E-state index in [9.17, 15) is 4.79 Å². The first-order chi connectivity index (χ1) is 8.91. The Labute approximate surface area is 118 Å². The Morgan fingerprint density at radius 2 is 1.84 bits per heavy atom. The zero-order valence-corrected chi connectivity index (χ0v) is 13.6. The Bertz CT molecular complexity index is 417. The highest BCUT2D eigenvalue weighted by molar-refractivity contribution is 7.03. The number of hydrogen-bond acceptors (Lipinski definition) is 1. The molecule has 2 heteroatoms. The van der Waals surface area contributed by atoms with Crippen molar-refractivity contribution in [2.45, 2.75) is 45.3 Å². The molecule has 0 amide bonds. The molecule has 19 heavy (non-hydrogen) atoms. The highest BCUT2D eigenvalue weighted by Crippen LogP contribution is 2.32. The van der Waals surface area contributed by atoms with Gasteiger partial charge in [-0.3, -0.25) is 0 Å². The van der Waals surface area contributed by atoms with E-state index >= 15 is 0 Å². The van der Waals surface area contributed by atoms with E-state index in [4.69, 9.17) is 0 Å². The molecule has 104 valence electrons. The van der Waals surface area contributed by atoms with Crippen LogP contribution in [0.4, 0.5) is 0 Å². The predicted molar refractivity (Wildman–Crippen MR) is 86.1 cm³/mol. The normalized spacial score (nSPS) is 14.7. The third-order valence-electron chi connectivity index (χ3n) is 3.55. The van der Waals surface area contributed by atoms with Crippen molar-refractivity contribution in [3.8, 4) is 0 Å². The first-order valence-corrected chi connectivity index (χ1v) is 10.6. The number of benzene rings is 1. The van der Waals surface area contributed by atoms with Crippen molar-refractivity contribution < 1.29 is 4.79 Å². The molecular weight excluding hydrogens is 248 g/mol. The molecule has 0 aliphatic heterocycles. The predicted octanol–water partition coefficient (Wildman–Crippen LogP) is 4.82. The van der Waals surface area contributed by atoms with Gasteiger partial charge in [-0.05, 0) is 12.0 Å².